The Morgan fingerprint density at radius 3 is 2.29 bits per heavy atom. The standard InChI is InChI=1S/C22H26N2O2.C13H20N2/c1-2-21(20-13-7-4-8-14-20)24(16-17-25)22(26)18-23-15-9-12-19-10-5-3-6-11-19;1-10(2)13-5-6-15-9-12(13)7-11(3)8-14-4/h2-8,10-11,13-14,17,23H,9,12,15-16,18H2,1H3;5-7,9-10,14H,8H2,1-4H3/b21-2-;11-7+. The molecule has 0 atom stereocenters. The number of carbonyl (C=O) groups is 2. The van der Waals surface area contributed by atoms with Crippen LogP contribution in [0, 0.1) is 0 Å². The molecule has 218 valence electrons. The highest BCUT2D eigenvalue weighted by Gasteiger charge is 2.18. The van der Waals surface area contributed by atoms with Crippen molar-refractivity contribution in [3.8, 4) is 0 Å². The maximum absolute atomic E-state index is 12.6. The molecule has 2 aromatic carbocycles. The molecule has 41 heavy (non-hydrogen) atoms. The van der Waals surface area contributed by atoms with E-state index >= 15 is 0 Å². The zero-order valence-corrected chi connectivity index (χ0v) is 25.3. The molecule has 0 unspecified atom stereocenters. The zero-order valence-electron chi connectivity index (χ0n) is 25.3. The van der Waals surface area contributed by atoms with Gasteiger partial charge < -0.3 is 20.3 Å². The lowest BCUT2D eigenvalue weighted by atomic mass is 9.98. The summed E-state index contributed by atoms with van der Waals surface area (Å²) < 4.78 is 0. The predicted octanol–water partition coefficient (Wildman–Crippen LogP) is 6.13. The summed E-state index contributed by atoms with van der Waals surface area (Å²) in [6.07, 6.45) is 10.6. The van der Waals surface area contributed by atoms with Crippen LogP contribution >= 0.6 is 0 Å². The van der Waals surface area contributed by atoms with Crippen LogP contribution in [0.25, 0.3) is 11.8 Å². The molecule has 0 radical (unpaired) electrons. The highest BCUT2D eigenvalue weighted by molar-refractivity contribution is 5.90. The van der Waals surface area contributed by atoms with E-state index in [1.165, 1.54) is 27.2 Å². The van der Waals surface area contributed by atoms with Gasteiger partial charge in [0.2, 0.25) is 5.91 Å². The molecular weight excluding hydrogens is 508 g/mol. The van der Waals surface area contributed by atoms with Crippen LogP contribution in [-0.4, -0.2) is 55.3 Å². The molecule has 2 N–H and O–H groups in total. The van der Waals surface area contributed by atoms with Crippen molar-refractivity contribution in [2.45, 2.75) is 46.5 Å². The summed E-state index contributed by atoms with van der Waals surface area (Å²) >= 11 is 0. The Labute approximate surface area is 246 Å². The van der Waals surface area contributed by atoms with Gasteiger partial charge in [-0.15, -0.1) is 0 Å². The maximum atomic E-state index is 12.6. The van der Waals surface area contributed by atoms with Crippen LogP contribution in [0.1, 0.15) is 62.3 Å². The second kappa shape index (κ2) is 19.2. The summed E-state index contributed by atoms with van der Waals surface area (Å²) in [6, 6.07) is 22.0. The summed E-state index contributed by atoms with van der Waals surface area (Å²) in [5, 5.41) is 6.34. The molecule has 0 aliphatic rings. The molecule has 0 aliphatic carbocycles. The van der Waals surface area contributed by atoms with Gasteiger partial charge in [0.15, 0.2) is 0 Å². The van der Waals surface area contributed by atoms with Crippen molar-refractivity contribution >= 4 is 24.0 Å². The first-order valence-electron chi connectivity index (χ1n) is 14.4. The van der Waals surface area contributed by atoms with E-state index in [2.05, 4.69) is 60.7 Å². The average molecular weight is 555 g/mol. The Morgan fingerprint density at radius 2 is 1.68 bits per heavy atom. The van der Waals surface area contributed by atoms with E-state index in [-0.39, 0.29) is 19.0 Å². The van der Waals surface area contributed by atoms with E-state index in [1.807, 2.05) is 81.0 Å². The monoisotopic (exact) mass is 554 g/mol. The van der Waals surface area contributed by atoms with Crippen molar-refractivity contribution in [1.82, 2.24) is 20.5 Å². The average Bonchev–Trinajstić information content (AvgIpc) is 2.98. The molecule has 0 fully saturated rings. The van der Waals surface area contributed by atoms with E-state index in [0.29, 0.717) is 5.92 Å². The summed E-state index contributed by atoms with van der Waals surface area (Å²) in [4.78, 5) is 29.4. The smallest absolute Gasteiger partial charge is 0.241 e. The number of allylic oxidation sites excluding steroid dienone is 1. The summed E-state index contributed by atoms with van der Waals surface area (Å²) in [5.41, 5.74) is 6.90. The summed E-state index contributed by atoms with van der Waals surface area (Å²) in [6.45, 7) is 10.4. The Kier molecular flexibility index (Phi) is 15.7. The van der Waals surface area contributed by atoms with Crippen LogP contribution in [0.2, 0.25) is 0 Å². The number of hydrogen-bond donors (Lipinski definition) is 2. The molecule has 6 heteroatoms. The van der Waals surface area contributed by atoms with Gasteiger partial charge in [-0.25, -0.2) is 0 Å². The highest BCUT2D eigenvalue weighted by atomic mass is 16.2. The number of pyridine rings is 1. The second-order valence-corrected chi connectivity index (χ2v) is 10.2. The molecule has 1 heterocycles. The van der Waals surface area contributed by atoms with Crippen molar-refractivity contribution in [2.24, 2.45) is 0 Å². The number of nitrogens with zero attached hydrogens (tertiary/aromatic N) is 2. The minimum atomic E-state index is -0.103. The van der Waals surface area contributed by atoms with Gasteiger partial charge in [-0.2, -0.15) is 0 Å². The fraction of sp³-hybridized carbons (Fsp3) is 0.343. The SMILES string of the molecule is C/C=C(/c1ccccc1)N(CC=O)C(=O)CNCCCc1ccccc1.CNC/C(C)=C/c1cnccc1C(C)C. The van der Waals surface area contributed by atoms with Crippen molar-refractivity contribution in [3.05, 3.63) is 113 Å². The summed E-state index contributed by atoms with van der Waals surface area (Å²) in [7, 11) is 1.96. The van der Waals surface area contributed by atoms with Gasteiger partial charge in [0.1, 0.15) is 6.29 Å². The van der Waals surface area contributed by atoms with E-state index in [9.17, 15) is 9.59 Å². The van der Waals surface area contributed by atoms with Gasteiger partial charge in [-0.3, -0.25) is 9.78 Å². The van der Waals surface area contributed by atoms with E-state index in [0.717, 1.165) is 43.5 Å². The quantitative estimate of drug-likeness (QED) is 0.185. The minimum Gasteiger partial charge on any atom is -0.316 e. The second-order valence-electron chi connectivity index (χ2n) is 10.2. The summed E-state index contributed by atoms with van der Waals surface area (Å²) in [5.74, 6) is 0.440. The lowest BCUT2D eigenvalue weighted by molar-refractivity contribution is -0.128. The third kappa shape index (κ3) is 12.0. The fourth-order valence-corrected chi connectivity index (χ4v) is 4.51. The number of benzene rings is 2. The third-order valence-electron chi connectivity index (χ3n) is 6.50. The number of nitrogens with one attached hydrogen (secondary N) is 2. The number of aryl methyl sites for hydroxylation is 1. The minimum absolute atomic E-state index is 0.0547. The van der Waals surface area contributed by atoms with E-state index < -0.39 is 0 Å². The van der Waals surface area contributed by atoms with E-state index in [4.69, 9.17) is 0 Å². The number of likely N-dealkylation sites (N-methyl/N-ethyl adjacent to an activating group) is 1. The van der Waals surface area contributed by atoms with E-state index in [1.54, 1.807) is 0 Å². The number of carbonyl (C=O) groups excluding carboxylic acids is 2. The Morgan fingerprint density at radius 1 is 1.00 bits per heavy atom. The largest absolute Gasteiger partial charge is 0.316 e. The Hall–Kier alpha value is -3.87. The molecule has 0 bridgehead atoms. The van der Waals surface area contributed by atoms with Crippen LogP contribution in [0.4, 0.5) is 0 Å². The fourth-order valence-electron chi connectivity index (χ4n) is 4.51. The van der Waals surface area contributed by atoms with Gasteiger partial charge in [0.05, 0.1) is 13.1 Å². The first-order valence-corrected chi connectivity index (χ1v) is 14.4. The van der Waals surface area contributed by atoms with Crippen LogP contribution in [-0.2, 0) is 16.0 Å². The van der Waals surface area contributed by atoms with Crippen LogP contribution in [0.15, 0.2) is 90.8 Å². The predicted molar refractivity (Wildman–Crippen MR) is 171 cm³/mol. The molecule has 3 rings (SSSR count). The van der Waals surface area contributed by atoms with Crippen molar-refractivity contribution in [3.63, 3.8) is 0 Å². The lowest BCUT2D eigenvalue weighted by Gasteiger charge is -2.24. The number of aldehydes is 1. The van der Waals surface area contributed by atoms with Gasteiger partial charge in [-0.05, 0) is 74.5 Å². The van der Waals surface area contributed by atoms with Crippen LogP contribution < -0.4 is 10.6 Å². The topological polar surface area (TPSA) is 74.3 Å². The molecule has 0 aliphatic heterocycles. The Bertz CT molecular complexity index is 1240. The zero-order chi connectivity index (χ0) is 29.9. The molecule has 0 saturated carbocycles. The highest BCUT2D eigenvalue weighted by Crippen LogP contribution is 2.20. The molecule has 3 aromatic rings. The third-order valence-corrected chi connectivity index (χ3v) is 6.50. The van der Waals surface area contributed by atoms with Crippen molar-refractivity contribution in [1.29, 1.82) is 0 Å². The molecule has 6 nitrogen and oxygen atoms in total. The first-order chi connectivity index (χ1) is 19.9. The molecule has 0 saturated heterocycles. The lowest BCUT2D eigenvalue weighted by Crippen LogP contribution is -2.38. The van der Waals surface area contributed by atoms with Crippen molar-refractivity contribution < 1.29 is 9.59 Å². The van der Waals surface area contributed by atoms with Crippen molar-refractivity contribution in [2.75, 3.05) is 33.2 Å². The van der Waals surface area contributed by atoms with Crippen LogP contribution in [0.5, 0.6) is 0 Å². The van der Waals surface area contributed by atoms with Gasteiger partial charge >= 0.3 is 0 Å². The molecular formula is C35H46N4O2. The van der Waals surface area contributed by atoms with Gasteiger partial charge in [0, 0.05) is 24.6 Å². The normalized spacial score (nSPS) is 11.6. The molecule has 1 amide bonds. The van der Waals surface area contributed by atoms with Gasteiger partial charge in [-0.1, -0.05) is 92.2 Å². The number of rotatable bonds is 14. The van der Waals surface area contributed by atoms with Gasteiger partial charge in [0.25, 0.3) is 0 Å². The molecule has 0 spiro atoms. The van der Waals surface area contributed by atoms with Crippen LogP contribution in [0.3, 0.4) is 0 Å². The maximum Gasteiger partial charge on any atom is 0.241 e. The number of hydrogen-bond acceptors (Lipinski definition) is 5. The number of aromatic nitrogens is 1. The Balaban J connectivity index is 0.000000333. The molecule has 1 aromatic heterocycles. The first kappa shape index (κ1) is 33.3. The number of amides is 1.